The number of aromatic nitrogens is 2. The van der Waals surface area contributed by atoms with Crippen LogP contribution in [0.3, 0.4) is 0 Å². The van der Waals surface area contributed by atoms with Gasteiger partial charge in [-0.3, -0.25) is 4.79 Å². The van der Waals surface area contributed by atoms with Gasteiger partial charge in [-0.1, -0.05) is 35.2 Å². The summed E-state index contributed by atoms with van der Waals surface area (Å²) in [7, 11) is 0. The van der Waals surface area contributed by atoms with Gasteiger partial charge in [0, 0.05) is 30.2 Å². The highest BCUT2D eigenvalue weighted by Gasteiger charge is 2.23. The van der Waals surface area contributed by atoms with Crippen molar-refractivity contribution < 1.29 is 4.79 Å². The Labute approximate surface area is 164 Å². The number of thioether (sulfide) groups is 1. The average Bonchev–Trinajstić information content (AvgIpc) is 3.26. The third-order valence-electron chi connectivity index (χ3n) is 4.26. The lowest BCUT2D eigenvalue weighted by atomic mass is 10.1. The SMILES string of the molecule is Cc1csc(SCC(=O)N[C@H]2CCCN(c3nc4ccccc4s3)C2)n1. The van der Waals surface area contributed by atoms with Crippen LogP contribution in [-0.2, 0) is 4.79 Å². The second kappa shape index (κ2) is 7.94. The van der Waals surface area contributed by atoms with E-state index in [1.54, 1.807) is 22.7 Å². The van der Waals surface area contributed by atoms with Crippen molar-refractivity contribution in [3.63, 3.8) is 0 Å². The molecule has 4 rings (SSSR count). The zero-order valence-corrected chi connectivity index (χ0v) is 16.9. The van der Waals surface area contributed by atoms with Crippen molar-refractivity contribution in [1.29, 1.82) is 0 Å². The van der Waals surface area contributed by atoms with Crippen LogP contribution in [0.25, 0.3) is 10.2 Å². The smallest absolute Gasteiger partial charge is 0.230 e. The molecule has 1 N–H and O–H groups in total. The minimum absolute atomic E-state index is 0.0824. The molecule has 3 heterocycles. The molecule has 0 saturated carbocycles. The highest BCUT2D eigenvalue weighted by molar-refractivity contribution is 8.01. The predicted molar refractivity (Wildman–Crippen MR) is 111 cm³/mol. The Morgan fingerprint density at radius 1 is 1.38 bits per heavy atom. The highest BCUT2D eigenvalue weighted by atomic mass is 32.2. The number of carbonyl (C=O) groups excluding carboxylic acids is 1. The number of amides is 1. The fraction of sp³-hybridized carbons (Fsp3) is 0.389. The molecular weight excluding hydrogens is 384 g/mol. The van der Waals surface area contributed by atoms with Crippen LogP contribution in [0.1, 0.15) is 18.5 Å². The molecule has 1 saturated heterocycles. The largest absolute Gasteiger partial charge is 0.351 e. The molecular formula is C18H20N4OS3. The van der Waals surface area contributed by atoms with Gasteiger partial charge in [-0.15, -0.1) is 11.3 Å². The summed E-state index contributed by atoms with van der Waals surface area (Å²) in [6, 6.07) is 8.41. The van der Waals surface area contributed by atoms with E-state index in [9.17, 15) is 4.79 Å². The number of thiazole rings is 2. The molecule has 2 aromatic heterocycles. The van der Waals surface area contributed by atoms with Crippen LogP contribution in [-0.4, -0.2) is 40.8 Å². The summed E-state index contributed by atoms with van der Waals surface area (Å²) >= 11 is 4.83. The zero-order valence-electron chi connectivity index (χ0n) is 14.5. The van der Waals surface area contributed by atoms with Gasteiger partial charge in [0.2, 0.25) is 5.91 Å². The Morgan fingerprint density at radius 3 is 3.08 bits per heavy atom. The van der Waals surface area contributed by atoms with Gasteiger partial charge in [-0.25, -0.2) is 9.97 Å². The number of rotatable bonds is 5. The summed E-state index contributed by atoms with van der Waals surface area (Å²) in [6.07, 6.45) is 2.09. The molecule has 136 valence electrons. The predicted octanol–water partition coefficient (Wildman–Crippen LogP) is 3.94. The Hall–Kier alpha value is -1.64. The summed E-state index contributed by atoms with van der Waals surface area (Å²) in [5, 5.41) is 6.25. The summed E-state index contributed by atoms with van der Waals surface area (Å²) < 4.78 is 2.17. The van der Waals surface area contributed by atoms with E-state index in [1.165, 1.54) is 16.5 Å². The summed E-state index contributed by atoms with van der Waals surface area (Å²) in [5.41, 5.74) is 2.06. The van der Waals surface area contributed by atoms with Gasteiger partial charge in [-0.05, 0) is 31.9 Å². The molecule has 26 heavy (non-hydrogen) atoms. The molecule has 8 heteroatoms. The molecule has 0 bridgehead atoms. The molecule has 1 aromatic carbocycles. The first kappa shape index (κ1) is 17.8. The second-order valence-electron chi connectivity index (χ2n) is 6.36. The topological polar surface area (TPSA) is 58.1 Å². The molecule has 0 unspecified atom stereocenters. The summed E-state index contributed by atoms with van der Waals surface area (Å²) in [4.78, 5) is 23.7. The quantitative estimate of drug-likeness (QED) is 0.653. The molecule has 1 aliphatic heterocycles. The zero-order chi connectivity index (χ0) is 17.9. The number of anilines is 1. The maximum Gasteiger partial charge on any atom is 0.230 e. The van der Waals surface area contributed by atoms with Crippen LogP contribution < -0.4 is 10.2 Å². The minimum atomic E-state index is 0.0824. The number of benzene rings is 1. The molecule has 1 atom stereocenters. The van der Waals surface area contributed by atoms with Crippen molar-refractivity contribution in [3.8, 4) is 0 Å². The number of aryl methyl sites for hydroxylation is 1. The second-order valence-corrected chi connectivity index (χ2v) is 9.45. The molecule has 0 aliphatic carbocycles. The lowest BCUT2D eigenvalue weighted by Crippen LogP contribution is -2.48. The fourth-order valence-electron chi connectivity index (χ4n) is 3.06. The Morgan fingerprint density at radius 2 is 2.27 bits per heavy atom. The van der Waals surface area contributed by atoms with Crippen molar-refractivity contribution in [2.75, 3.05) is 23.7 Å². The van der Waals surface area contributed by atoms with Crippen molar-refractivity contribution in [3.05, 3.63) is 35.3 Å². The van der Waals surface area contributed by atoms with E-state index in [0.717, 1.165) is 46.6 Å². The van der Waals surface area contributed by atoms with Gasteiger partial charge in [-0.2, -0.15) is 0 Å². The highest BCUT2D eigenvalue weighted by Crippen LogP contribution is 2.30. The Kier molecular flexibility index (Phi) is 5.42. The summed E-state index contributed by atoms with van der Waals surface area (Å²) in [6.45, 7) is 3.80. The van der Waals surface area contributed by atoms with Gasteiger partial charge >= 0.3 is 0 Å². The van der Waals surface area contributed by atoms with E-state index in [2.05, 4.69) is 27.3 Å². The van der Waals surface area contributed by atoms with E-state index in [1.807, 2.05) is 24.4 Å². The average molecular weight is 405 g/mol. The first-order valence-corrected chi connectivity index (χ1v) is 11.3. The van der Waals surface area contributed by atoms with Gasteiger partial charge in [0.05, 0.1) is 16.0 Å². The lowest BCUT2D eigenvalue weighted by molar-refractivity contribution is -0.119. The van der Waals surface area contributed by atoms with E-state index in [4.69, 9.17) is 4.98 Å². The summed E-state index contributed by atoms with van der Waals surface area (Å²) in [5.74, 6) is 0.504. The van der Waals surface area contributed by atoms with Crippen LogP contribution in [0.15, 0.2) is 34.0 Å². The molecule has 0 spiro atoms. The monoisotopic (exact) mass is 404 g/mol. The molecule has 3 aromatic rings. The standard InChI is InChI=1S/C18H20N4OS3/c1-12-10-24-18(19-12)25-11-16(23)20-13-5-4-8-22(9-13)17-21-14-6-2-3-7-15(14)26-17/h2-3,6-7,10,13H,4-5,8-9,11H2,1H3,(H,20,23)/t13-/m0/s1. The van der Waals surface area contributed by atoms with Crippen LogP contribution in [0.2, 0.25) is 0 Å². The molecule has 1 amide bonds. The number of piperidine rings is 1. The minimum Gasteiger partial charge on any atom is -0.351 e. The molecule has 1 aliphatic rings. The van der Waals surface area contributed by atoms with Crippen molar-refractivity contribution in [2.45, 2.75) is 30.1 Å². The normalized spacial score (nSPS) is 17.6. The third kappa shape index (κ3) is 4.19. The van der Waals surface area contributed by atoms with E-state index >= 15 is 0 Å². The molecule has 0 radical (unpaired) electrons. The first-order valence-electron chi connectivity index (χ1n) is 8.62. The van der Waals surface area contributed by atoms with E-state index in [-0.39, 0.29) is 11.9 Å². The third-order valence-corrected chi connectivity index (χ3v) is 7.50. The van der Waals surface area contributed by atoms with E-state index in [0.29, 0.717) is 5.75 Å². The van der Waals surface area contributed by atoms with Gasteiger partial charge in [0.1, 0.15) is 0 Å². The van der Waals surface area contributed by atoms with Crippen LogP contribution >= 0.6 is 34.4 Å². The maximum absolute atomic E-state index is 12.3. The number of hydrogen-bond donors (Lipinski definition) is 1. The number of carbonyl (C=O) groups is 1. The van der Waals surface area contributed by atoms with Gasteiger partial charge < -0.3 is 10.2 Å². The lowest BCUT2D eigenvalue weighted by Gasteiger charge is -2.32. The number of hydrogen-bond acceptors (Lipinski definition) is 7. The van der Waals surface area contributed by atoms with Gasteiger partial charge in [0.15, 0.2) is 9.47 Å². The number of nitrogens with zero attached hydrogens (tertiary/aromatic N) is 3. The van der Waals surface area contributed by atoms with Crippen LogP contribution in [0.5, 0.6) is 0 Å². The molecule has 1 fully saturated rings. The maximum atomic E-state index is 12.3. The fourth-order valence-corrected chi connectivity index (χ4v) is 5.72. The van der Waals surface area contributed by atoms with Crippen LogP contribution in [0, 0.1) is 6.92 Å². The van der Waals surface area contributed by atoms with E-state index < -0.39 is 0 Å². The van der Waals surface area contributed by atoms with Gasteiger partial charge in [0.25, 0.3) is 0 Å². The Balaban J connectivity index is 1.33. The first-order chi connectivity index (χ1) is 12.7. The van der Waals surface area contributed by atoms with Crippen molar-refractivity contribution in [2.24, 2.45) is 0 Å². The number of para-hydroxylation sites is 1. The number of nitrogens with one attached hydrogen (secondary N) is 1. The van der Waals surface area contributed by atoms with Crippen LogP contribution in [0.4, 0.5) is 5.13 Å². The molecule has 5 nitrogen and oxygen atoms in total. The van der Waals surface area contributed by atoms with Crippen molar-refractivity contribution >= 4 is 55.7 Å². The number of fused-ring (bicyclic) bond motifs is 1. The van der Waals surface area contributed by atoms with Crippen molar-refractivity contribution in [1.82, 2.24) is 15.3 Å². The Bertz CT molecular complexity index is 874.